The standard InChI is InChI=1S/C20H31N4O2/c1-13(2)9-10-14-16-18(22-12-21-14)24(15-8-6-7-11-26-15)19(23-16)17(25)20(3,4)5/h12-13,15,17H,6-11H2,1-5H3. The van der Waals surface area contributed by atoms with E-state index in [2.05, 4.69) is 23.8 Å². The maximum atomic E-state index is 13.2. The Morgan fingerprint density at radius 2 is 2.04 bits per heavy atom. The first kappa shape index (κ1) is 19.2. The molecule has 0 aromatic carbocycles. The Hall–Kier alpha value is -1.53. The van der Waals surface area contributed by atoms with Gasteiger partial charge in [0, 0.05) is 6.61 Å². The molecule has 6 heteroatoms. The van der Waals surface area contributed by atoms with Crippen molar-refractivity contribution in [3.05, 3.63) is 17.8 Å². The molecule has 2 atom stereocenters. The van der Waals surface area contributed by atoms with E-state index in [0.717, 1.165) is 49.0 Å². The maximum absolute atomic E-state index is 13.2. The van der Waals surface area contributed by atoms with E-state index in [1.807, 2.05) is 25.3 Å². The smallest absolute Gasteiger partial charge is 0.165 e. The Kier molecular flexibility index (Phi) is 5.63. The Balaban J connectivity index is 2.12. The molecule has 0 saturated carbocycles. The number of rotatable bonds is 5. The minimum atomic E-state index is -0.944. The second-order valence-electron chi connectivity index (χ2n) is 8.83. The summed E-state index contributed by atoms with van der Waals surface area (Å²) in [5, 5.41) is 13.2. The summed E-state index contributed by atoms with van der Waals surface area (Å²) in [5.41, 5.74) is 2.01. The molecule has 2 unspecified atom stereocenters. The van der Waals surface area contributed by atoms with Crippen LogP contribution in [0.25, 0.3) is 11.2 Å². The topological polar surface area (TPSA) is 72.7 Å². The molecule has 1 fully saturated rings. The van der Waals surface area contributed by atoms with Crippen molar-refractivity contribution in [1.82, 2.24) is 19.5 Å². The largest absolute Gasteiger partial charge is 0.358 e. The van der Waals surface area contributed by atoms with Gasteiger partial charge in [-0.1, -0.05) is 34.6 Å². The highest BCUT2D eigenvalue weighted by molar-refractivity contribution is 5.74. The first-order chi connectivity index (χ1) is 12.3. The fourth-order valence-electron chi connectivity index (χ4n) is 3.36. The zero-order valence-electron chi connectivity index (χ0n) is 16.7. The van der Waals surface area contributed by atoms with Crippen LogP contribution in [0.4, 0.5) is 0 Å². The molecule has 2 aromatic rings. The molecule has 0 aliphatic carbocycles. The average Bonchev–Trinajstić information content (AvgIpc) is 2.98. The number of hydrogen-bond acceptors (Lipinski definition) is 4. The van der Waals surface area contributed by atoms with Crippen molar-refractivity contribution >= 4 is 11.2 Å². The third kappa shape index (κ3) is 3.91. The van der Waals surface area contributed by atoms with Crippen molar-refractivity contribution in [2.24, 2.45) is 11.3 Å². The fraction of sp³-hybridized carbons (Fsp3) is 0.750. The Morgan fingerprint density at radius 1 is 1.27 bits per heavy atom. The number of imidazole rings is 1. The molecule has 1 aliphatic rings. The number of fused-ring (bicyclic) bond motifs is 1. The van der Waals surface area contributed by atoms with E-state index >= 15 is 0 Å². The summed E-state index contributed by atoms with van der Waals surface area (Å²) in [6.07, 6.45) is 5.42. The van der Waals surface area contributed by atoms with E-state index < -0.39 is 11.5 Å². The van der Waals surface area contributed by atoms with Crippen LogP contribution < -0.4 is 0 Å². The van der Waals surface area contributed by atoms with Gasteiger partial charge in [-0.2, -0.15) is 0 Å². The summed E-state index contributed by atoms with van der Waals surface area (Å²) >= 11 is 0. The van der Waals surface area contributed by atoms with E-state index in [1.165, 1.54) is 0 Å². The van der Waals surface area contributed by atoms with Crippen molar-refractivity contribution in [2.75, 3.05) is 6.61 Å². The molecule has 0 bridgehead atoms. The third-order valence-electron chi connectivity index (χ3n) is 5.00. The van der Waals surface area contributed by atoms with Gasteiger partial charge in [-0.05, 0) is 43.4 Å². The van der Waals surface area contributed by atoms with Gasteiger partial charge in [0.15, 0.2) is 11.8 Å². The normalized spacial score (nSPS) is 20.0. The van der Waals surface area contributed by atoms with E-state index in [-0.39, 0.29) is 6.23 Å². The maximum Gasteiger partial charge on any atom is 0.165 e. The first-order valence-corrected chi connectivity index (χ1v) is 9.78. The van der Waals surface area contributed by atoms with Crippen LogP contribution >= 0.6 is 0 Å². The van der Waals surface area contributed by atoms with Crippen molar-refractivity contribution in [3.63, 3.8) is 0 Å². The molecule has 3 rings (SSSR count). The summed E-state index contributed by atoms with van der Waals surface area (Å²) in [5.74, 6) is 1.12. The lowest BCUT2D eigenvalue weighted by atomic mass is 9.88. The highest BCUT2D eigenvalue weighted by Gasteiger charge is 2.34. The number of hydrogen-bond donors (Lipinski definition) is 0. The van der Waals surface area contributed by atoms with Crippen LogP contribution in [0.5, 0.6) is 0 Å². The van der Waals surface area contributed by atoms with Crippen LogP contribution in [0.3, 0.4) is 0 Å². The van der Waals surface area contributed by atoms with Crippen molar-refractivity contribution in [3.8, 4) is 0 Å². The molecule has 1 saturated heterocycles. The van der Waals surface area contributed by atoms with Crippen LogP contribution in [0.1, 0.15) is 84.2 Å². The average molecular weight is 359 g/mol. The van der Waals surface area contributed by atoms with Gasteiger partial charge >= 0.3 is 0 Å². The zero-order valence-corrected chi connectivity index (χ0v) is 16.7. The quantitative estimate of drug-likeness (QED) is 0.780. The van der Waals surface area contributed by atoms with Gasteiger partial charge in [-0.3, -0.25) is 4.57 Å². The summed E-state index contributed by atoms with van der Waals surface area (Å²) in [6.45, 7) is 11.0. The minimum Gasteiger partial charge on any atom is -0.358 e. The molecule has 6 nitrogen and oxygen atoms in total. The second-order valence-corrected chi connectivity index (χ2v) is 8.83. The molecule has 26 heavy (non-hydrogen) atoms. The molecule has 0 N–H and O–H groups in total. The lowest BCUT2D eigenvalue weighted by molar-refractivity contribution is -0.0506. The Bertz CT molecular complexity index is 742. The van der Waals surface area contributed by atoms with Crippen molar-refractivity contribution in [1.29, 1.82) is 0 Å². The Labute approximate surface area is 156 Å². The lowest BCUT2D eigenvalue weighted by Gasteiger charge is -2.29. The van der Waals surface area contributed by atoms with Gasteiger partial charge in [0.05, 0.1) is 5.69 Å². The van der Waals surface area contributed by atoms with E-state index in [0.29, 0.717) is 18.3 Å². The third-order valence-corrected chi connectivity index (χ3v) is 5.00. The molecule has 0 amide bonds. The number of nitrogens with zero attached hydrogens (tertiary/aromatic N) is 4. The molecule has 0 spiro atoms. The van der Waals surface area contributed by atoms with Crippen LogP contribution in [-0.4, -0.2) is 26.1 Å². The van der Waals surface area contributed by atoms with Gasteiger partial charge in [-0.25, -0.2) is 20.1 Å². The van der Waals surface area contributed by atoms with Crippen LogP contribution in [0.2, 0.25) is 0 Å². The highest BCUT2D eigenvalue weighted by Crippen LogP contribution is 2.37. The van der Waals surface area contributed by atoms with Crippen molar-refractivity contribution in [2.45, 2.75) is 79.1 Å². The van der Waals surface area contributed by atoms with Crippen LogP contribution in [0.15, 0.2) is 6.33 Å². The molecule has 1 radical (unpaired) electrons. The van der Waals surface area contributed by atoms with Gasteiger partial charge in [0.25, 0.3) is 0 Å². The first-order valence-electron chi connectivity index (χ1n) is 9.78. The summed E-state index contributed by atoms with van der Waals surface area (Å²) < 4.78 is 7.95. The Morgan fingerprint density at radius 3 is 2.65 bits per heavy atom. The molecular weight excluding hydrogens is 328 g/mol. The summed E-state index contributed by atoms with van der Waals surface area (Å²) in [7, 11) is 0. The van der Waals surface area contributed by atoms with E-state index in [9.17, 15) is 5.11 Å². The van der Waals surface area contributed by atoms with Gasteiger partial charge in [0.2, 0.25) is 0 Å². The fourth-order valence-corrected chi connectivity index (χ4v) is 3.36. The zero-order chi connectivity index (χ0) is 18.9. The molecule has 3 heterocycles. The van der Waals surface area contributed by atoms with E-state index in [1.54, 1.807) is 6.33 Å². The lowest BCUT2D eigenvalue weighted by Crippen LogP contribution is -2.25. The predicted octanol–water partition coefficient (Wildman–Crippen LogP) is 4.63. The van der Waals surface area contributed by atoms with Crippen molar-refractivity contribution < 1.29 is 9.84 Å². The SMILES string of the molecule is CC(C)CCc1ncnc2c1nc(C([O])C(C)(C)C)n2C1CCCCO1. The van der Waals surface area contributed by atoms with Gasteiger partial charge in [-0.15, -0.1) is 0 Å². The second kappa shape index (κ2) is 7.61. The number of ether oxygens (including phenoxy) is 1. The minimum absolute atomic E-state index is 0.157. The number of aromatic nitrogens is 4. The van der Waals surface area contributed by atoms with E-state index in [4.69, 9.17) is 9.72 Å². The number of aryl methyl sites for hydroxylation is 1. The monoisotopic (exact) mass is 359 g/mol. The van der Waals surface area contributed by atoms with Crippen LogP contribution in [-0.2, 0) is 16.3 Å². The summed E-state index contributed by atoms with van der Waals surface area (Å²) in [4.78, 5) is 13.7. The molecule has 1 aliphatic heterocycles. The summed E-state index contributed by atoms with van der Waals surface area (Å²) in [6, 6.07) is 0. The highest BCUT2D eigenvalue weighted by atomic mass is 16.5. The molecule has 2 aromatic heterocycles. The van der Waals surface area contributed by atoms with Gasteiger partial charge in [0.1, 0.15) is 23.9 Å². The van der Waals surface area contributed by atoms with Crippen LogP contribution in [0, 0.1) is 11.3 Å². The molecular formula is C20H31N4O2. The van der Waals surface area contributed by atoms with Gasteiger partial charge < -0.3 is 4.74 Å². The predicted molar refractivity (Wildman–Crippen MR) is 100 cm³/mol. The molecule has 143 valence electrons.